The summed E-state index contributed by atoms with van der Waals surface area (Å²) in [5.74, 6) is 0.424. The number of carbonyl (C=O) groups excluding carboxylic acids is 3. The molecule has 1 aromatic heterocycles. The molecule has 4 rings (SSSR count). The highest BCUT2D eigenvalue weighted by Crippen LogP contribution is 2.41. The first-order valence-corrected chi connectivity index (χ1v) is 12.2. The summed E-state index contributed by atoms with van der Waals surface area (Å²) in [6.45, 7) is 6.11. The Kier molecular flexibility index (Phi) is 7.66. The number of hydrogen-bond acceptors (Lipinski definition) is 6. The lowest BCUT2D eigenvalue weighted by molar-refractivity contribution is -0.143. The van der Waals surface area contributed by atoms with Crippen LogP contribution in [0.4, 0.5) is 0 Å². The molecule has 2 saturated heterocycles. The van der Waals surface area contributed by atoms with Crippen LogP contribution in [0.15, 0.2) is 36.7 Å². The highest BCUT2D eigenvalue weighted by Gasteiger charge is 2.54. The highest BCUT2D eigenvalue weighted by molar-refractivity contribution is 6.11. The van der Waals surface area contributed by atoms with Crippen LogP contribution in [0, 0.1) is 6.92 Å². The predicted molar refractivity (Wildman–Crippen MR) is 130 cm³/mol. The molecular weight excluding hydrogens is 446 g/mol. The fourth-order valence-electron chi connectivity index (χ4n) is 5.22. The number of methoxy groups -OCH3 is 1. The summed E-state index contributed by atoms with van der Waals surface area (Å²) in [7, 11) is 3.58. The van der Waals surface area contributed by atoms with Gasteiger partial charge in [-0.25, -0.2) is 4.98 Å². The van der Waals surface area contributed by atoms with Crippen molar-refractivity contribution in [3.8, 4) is 0 Å². The zero-order valence-corrected chi connectivity index (χ0v) is 20.9. The summed E-state index contributed by atoms with van der Waals surface area (Å²) in [5, 5.41) is 0. The summed E-state index contributed by atoms with van der Waals surface area (Å²) in [6.07, 6.45) is 4.32. The Morgan fingerprint density at radius 1 is 1.14 bits per heavy atom. The molecule has 2 aliphatic rings. The van der Waals surface area contributed by atoms with E-state index in [4.69, 9.17) is 4.74 Å². The zero-order chi connectivity index (χ0) is 25.0. The van der Waals surface area contributed by atoms with E-state index in [1.54, 1.807) is 13.3 Å². The number of aromatic nitrogens is 2. The molecule has 3 amide bonds. The van der Waals surface area contributed by atoms with Crippen LogP contribution in [0.25, 0.3) is 0 Å². The first-order chi connectivity index (χ1) is 16.9. The molecule has 2 fully saturated rings. The van der Waals surface area contributed by atoms with Crippen LogP contribution in [0.1, 0.15) is 36.2 Å². The number of ether oxygens (including phenoxy) is 1. The van der Waals surface area contributed by atoms with Crippen LogP contribution in [0.2, 0.25) is 0 Å². The van der Waals surface area contributed by atoms with Crippen molar-refractivity contribution in [2.24, 2.45) is 7.05 Å². The van der Waals surface area contributed by atoms with Gasteiger partial charge < -0.3 is 14.2 Å². The average Bonchev–Trinajstić information content (AvgIpc) is 3.35. The SMILES string of the molecule is COCCCN1C(=O)C[C@@](CC(=O)N2CCN(Cc3nccn3C)CC2)(c2ccccc2C)C1=O. The van der Waals surface area contributed by atoms with Gasteiger partial charge in [-0.05, 0) is 24.5 Å². The number of carbonyl (C=O) groups is 3. The van der Waals surface area contributed by atoms with Crippen molar-refractivity contribution < 1.29 is 19.1 Å². The quantitative estimate of drug-likeness (QED) is 0.398. The number of imide groups is 1. The van der Waals surface area contributed by atoms with E-state index in [0.29, 0.717) is 32.7 Å². The van der Waals surface area contributed by atoms with Gasteiger partial charge in [0.05, 0.1) is 12.0 Å². The van der Waals surface area contributed by atoms with Gasteiger partial charge in [0.2, 0.25) is 17.7 Å². The molecule has 1 atom stereocenters. The van der Waals surface area contributed by atoms with Crippen molar-refractivity contribution in [2.45, 2.75) is 38.1 Å². The smallest absolute Gasteiger partial charge is 0.240 e. The van der Waals surface area contributed by atoms with Gasteiger partial charge >= 0.3 is 0 Å². The van der Waals surface area contributed by atoms with E-state index in [2.05, 4.69) is 9.88 Å². The molecule has 188 valence electrons. The molecule has 2 aromatic rings. The third-order valence-corrected chi connectivity index (χ3v) is 7.26. The molecule has 2 aliphatic heterocycles. The van der Waals surface area contributed by atoms with Gasteiger partial charge in [0.1, 0.15) is 5.82 Å². The van der Waals surface area contributed by atoms with E-state index < -0.39 is 5.41 Å². The fourth-order valence-corrected chi connectivity index (χ4v) is 5.22. The van der Waals surface area contributed by atoms with Crippen molar-refractivity contribution in [3.63, 3.8) is 0 Å². The number of hydrogen-bond donors (Lipinski definition) is 0. The number of rotatable bonds is 9. The summed E-state index contributed by atoms with van der Waals surface area (Å²) < 4.78 is 7.11. The third kappa shape index (κ3) is 5.16. The van der Waals surface area contributed by atoms with Gasteiger partial charge in [-0.3, -0.25) is 24.2 Å². The molecular formula is C26H35N5O4. The summed E-state index contributed by atoms with van der Waals surface area (Å²) >= 11 is 0. The Balaban J connectivity index is 1.49. The number of piperazine rings is 1. The van der Waals surface area contributed by atoms with Crippen LogP contribution in [-0.2, 0) is 38.1 Å². The standard InChI is InChI=1S/C26H35N5O4/c1-20-7-4-5-8-21(20)26(18-24(33)31(25(26)34)10-6-16-35-3)17-23(32)30-14-12-29(13-15-30)19-22-27-9-11-28(22)2/h4-5,7-9,11H,6,10,12-19H2,1-3H3/t26-/m0/s1. The van der Waals surface area contributed by atoms with Crippen LogP contribution in [0.5, 0.6) is 0 Å². The Labute approximate surface area is 206 Å². The molecule has 0 aliphatic carbocycles. The number of benzene rings is 1. The van der Waals surface area contributed by atoms with Gasteiger partial charge in [-0.15, -0.1) is 0 Å². The van der Waals surface area contributed by atoms with E-state index in [1.165, 1.54) is 4.90 Å². The van der Waals surface area contributed by atoms with E-state index in [0.717, 1.165) is 36.6 Å². The van der Waals surface area contributed by atoms with Gasteiger partial charge in [0, 0.05) is 78.7 Å². The van der Waals surface area contributed by atoms with Crippen molar-refractivity contribution in [2.75, 3.05) is 46.4 Å². The Hall–Kier alpha value is -3.04. The lowest BCUT2D eigenvalue weighted by Gasteiger charge is -2.37. The van der Waals surface area contributed by atoms with Crippen molar-refractivity contribution in [1.29, 1.82) is 0 Å². The minimum absolute atomic E-state index is 0.00255. The number of amides is 3. The lowest BCUT2D eigenvalue weighted by Crippen LogP contribution is -2.51. The van der Waals surface area contributed by atoms with E-state index in [-0.39, 0.29) is 30.6 Å². The molecule has 9 nitrogen and oxygen atoms in total. The van der Waals surface area contributed by atoms with Crippen LogP contribution < -0.4 is 0 Å². The first kappa shape index (κ1) is 25.1. The van der Waals surface area contributed by atoms with Gasteiger partial charge in [-0.2, -0.15) is 0 Å². The second-order valence-corrected chi connectivity index (χ2v) is 9.56. The van der Waals surface area contributed by atoms with E-state index >= 15 is 0 Å². The van der Waals surface area contributed by atoms with Crippen molar-refractivity contribution in [3.05, 3.63) is 53.6 Å². The van der Waals surface area contributed by atoms with E-state index in [9.17, 15) is 14.4 Å². The van der Waals surface area contributed by atoms with Gasteiger partial charge in [-0.1, -0.05) is 24.3 Å². The zero-order valence-electron chi connectivity index (χ0n) is 20.9. The maximum Gasteiger partial charge on any atom is 0.240 e. The molecule has 0 spiro atoms. The minimum Gasteiger partial charge on any atom is -0.385 e. The second kappa shape index (κ2) is 10.7. The number of likely N-dealkylation sites (tertiary alicyclic amines) is 1. The second-order valence-electron chi connectivity index (χ2n) is 9.56. The van der Waals surface area contributed by atoms with Crippen LogP contribution >= 0.6 is 0 Å². The van der Waals surface area contributed by atoms with Gasteiger partial charge in [0.25, 0.3) is 0 Å². The minimum atomic E-state index is -1.16. The number of imidazole rings is 1. The summed E-state index contributed by atoms with van der Waals surface area (Å²) in [5.41, 5.74) is 0.533. The van der Waals surface area contributed by atoms with Gasteiger partial charge in [0.15, 0.2) is 0 Å². The lowest BCUT2D eigenvalue weighted by atomic mass is 9.74. The molecule has 9 heteroatoms. The Morgan fingerprint density at radius 2 is 1.89 bits per heavy atom. The predicted octanol–water partition coefficient (Wildman–Crippen LogP) is 1.50. The highest BCUT2D eigenvalue weighted by atomic mass is 16.5. The molecule has 35 heavy (non-hydrogen) atoms. The monoisotopic (exact) mass is 481 g/mol. The molecule has 0 N–H and O–H groups in total. The maximum atomic E-state index is 13.7. The number of aryl methyl sites for hydroxylation is 2. The maximum absolute atomic E-state index is 13.7. The van der Waals surface area contributed by atoms with Crippen LogP contribution in [0.3, 0.4) is 0 Å². The van der Waals surface area contributed by atoms with E-state index in [1.807, 2.05) is 53.9 Å². The third-order valence-electron chi connectivity index (χ3n) is 7.26. The molecule has 0 unspecified atom stereocenters. The largest absolute Gasteiger partial charge is 0.385 e. The summed E-state index contributed by atoms with van der Waals surface area (Å²) in [4.78, 5) is 50.1. The Morgan fingerprint density at radius 3 is 2.54 bits per heavy atom. The first-order valence-electron chi connectivity index (χ1n) is 12.2. The van der Waals surface area contributed by atoms with Crippen molar-refractivity contribution >= 4 is 17.7 Å². The Bertz CT molecular complexity index is 1080. The summed E-state index contributed by atoms with van der Waals surface area (Å²) in [6, 6.07) is 7.60. The molecule has 3 heterocycles. The topological polar surface area (TPSA) is 88.0 Å². The molecule has 0 bridgehead atoms. The average molecular weight is 482 g/mol. The van der Waals surface area contributed by atoms with Crippen LogP contribution in [-0.4, -0.2) is 88.4 Å². The molecule has 0 radical (unpaired) electrons. The molecule has 1 aromatic carbocycles. The fraction of sp³-hybridized carbons (Fsp3) is 0.538. The number of nitrogens with zero attached hydrogens (tertiary/aromatic N) is 5. The van der Waals surface area contributed by atoms with Crippen molar-refractivity contribution in [1.82, 2.24) is 24.3 Å². The molecule has 0 saturated carbocycles. The normalized spacial score (nSPS) is 21.2.